The van der Waals surface area contributed by atoms with Gasteiger partial charge in [0.2, 0.25) is 0 Å². The molecule has 0 aliphatic carbocycles. The van der Waals surface area contributed by atoms with Gasteiger partial charge in [0, 0.05) is 24.8 Å². The van der Waals surface area contributed by atoms with E-state index in [0.29, 0.717) is 6.04 Å². The number of hydrogen-bond acceptors (Lipinski definition) is 2. The molecule has 1 atom stereocenters. The molecule has 1 unspecified atom stereocenters. The lowest BCUT2D eigenvalue weighted by atomic mass is 10.0. The zero-order valence-electron chi connectivity index (χ0n) is 12.2. The molecule has 1 heterocycles. The van der Waals surface area contributed by atoms with Crippen LogP contribution in [-0.2, 0) is 6.42 Å². The molecular weight excluding hydrogens is 220 g/mol. The molecule has 2 rings (SSSR count). The van der Waals surface area contributed by atoms with E-state index < -0.39 is 0 Å². The molecule has 1 aromatic rings. The van der Waals surface area contributed by atoms with Gasteiger partial charge in [-0.25, -0.2) is 0 Å². The zero-order valence-corrected chi connectivity index (χ0v) is 12.2. The molecule has 0 amide bonds. The SMILES string of the molecule is CNC(C)c1ccc2c(c1)CCN2CCC(C)C. The van der Waals surface area contributed by atoms with Gasteiger partial charge in [-0.15, -0.1) is 0 Å². The van der Waals surface area contributed by atoms with Crippen LogP contribution in [0.4, 0.5) is 5.69 Å². The Morgan fingerprint density at radius 3 is 2.72 bits per heavy atom. The van der Waals surface area contributed by atoms with E-state index in [-0.39, 0.29) is 0 Å². The smallest absolute Gasteiger partial charge is 0.0399 e. The van der Waals surface area contributed by atoms with Crippen molar-refractivity contribution in [3.05, 3.63) is 29.3 Å². The lowest BCUT2D eigenvalue weighted by molar-refractivity contribution is 0.578. The van der Waals surface area contributed by atoms with Crippen LogP contribution in [0, 0.1) is 5.92 Å². The number of rotatable bonds is 5. The summed E-state index contributed by atoms with van der Waals surface area (Å²) in [6.45, 7) is 9.21. The van der Waals surface area contributed by atoms with Crippen molar-refractivity contribution in [3.8, 4) is 0 Å². The van der Waals surface area contributed by atoms with Crippen molar-refractivity contribution in [2.45, 2.75) is 39.7 Å². The fourth-order valence-electron chi connectivity index (χ4n) is 2.57. The van der Waals surface area contributed by atoms with Crippen molar-refractivity contribution < 1.29 is 0 Å². The van der Waals surface area contributed by atoms with Gasteiger partial charge in [-0.05, 0) is 49.9 Å². The average Bonchev–Trinajstić information content (AvgIpc) is 2.77. The van der Waals surface area contributed by atoms with Gasteiger partial charge in [-0.1, -0.05) is 26.0 Å². The molecule has 0 bridgehead atoms. The Hall–Kier alpha value is -1.02. The van der Waals surface area contributed by atoms with Crippen molar-refractivity contribution in [2.75, 3.05) is 25.0 Å². The molecule has 1 aliphatic heterocycles. The highest BCUT2D eigenvalue weighted by molar-refractivity contribution is 5.59. The van der Waals surface area contributed by atoms with Crippen molar-refractivity contribution in [3.63, 3.8) is 0 Å². The van der Waals surface area contributed by atoms with Crippen LogP contribution >= 0.6 is 0 Å². The van der Waals surface area contributed by atoms with Crippen LogP contribution in [0.5, 0.6) is 0 Å². The summed E-state index contributed by atoms with van der Waals surface area (Å²) in [4.78, 5) is 2.54. The van der Waals surface area contributed by atoms with Gasteiger partial charge < -0.3 is 10.2 Å². The predicted octanol–water partition coefficient (Wildman–Crippen LogP) is 3.38. The quantitative estimate of drug-likeness (QED) is 0.857. The Bertz CT molecular complexity index is 398. The minimum atomic E-state index is 0.444. The van der Waals surface area contributed by atoms with Crippen molar-refractivity contribution in [1.29, 1.82) is 0 Å². The predicted molar refractivity (Wildman–Crippen MR) is 79.3 cm³/mol. The van der Waals surface area contributed by atoms with E-state index in [0.717, 1.165) is 5.92 Å². The van der Waals surface area contributed by atoms with E-state index in [4.69, 9.17) is 0 Å². The molecule has 0 saturated carbocycles. The zero-order chi connectivity index (χ0) is 13.1. The Kier molecular flexibility index (Phi) is 4.28. The third-order valence-electron chi connectivity index (χ3n) is 4.00. The second-order valence-electron chi connectivity index (χ2n) is 5.82. The van der Waals surface area contributed by atoms with E-state index in [1.807, 2.05) is 7.05 Å². The van der Waals surface area contributed by atoms with Gasteiger partial charge in [-0.3, -0.25) is 0 Å². The molecule has 0 fully saturated rings. The maximum absolute atomic E-state index is 3.31. The summed E-state index contributed by atoms with van der Waals surface area (Å²) >= 11 is 0. The number of anilines is 1. The highest BCUT2D eigenvalue weighted by Crippen LogP contribution is 2.30. The van der Waals surface area contributed by atoms with Crippen molar-refractivity contribution in [1.82, 2.24) is 5.32 Å². The van der Waals surface area contributed by atoms with Gasteiger partial charge in [0.25, 0.3) is 0 Å². The minimum Gasteiger partial charge on any atom is -0.371 e. The number of nitrogens with zero attached hydrogens (tertiary/aromatic N) is 1. The first kappa shape index (κ1) is 13.4. The highest BCUT2D eigenvalue weighted by Gasteiger charge is 2.19. The Morgan fingerprint density at radius 2 is 2.06 bits per heavy atom. The molecule has 1 aliphatic rings. The first-order valence-electron chi connectivity index (χ1n) is 7.17. The molecule has 0 saturated heterocycles. The number of benzene rings is 1. The average molecular weight is 246 g/mol. The van der Waals surface area contributed by atoms with Crippen LogP contribution in [0.3, 0.4) is 0 Å². The first-order chi connectivity index (χ1) is 8.61. The monoisotopic (exact) mass is 246 g/mol. The maximum atomic E-state index is 3.31. The Morgan fingerprint density at radius 1 is 1.28 bits per heavy atom. The van der Waals surface area contributed by atoms with Crippen LogP contribution in [0.25, 0.3) is 0 Å². The fraction of sp³-hybridized carbons (Fsp3) is 0.625. The molecule has 2 nitrogen and oxygen atoms in total. The molecule has 0 aromatic heterocycles. The third kappa shape index (κ3) is 2.86. The largest absolute Gasteiger partial charge is 0.371 e. The van der Waals surface area contributed by atoms with E-state index in [9.17, 15) is 0 Å². The maximum Gasteiger partial charge on any atom is 0.0399 e. The van der Waals surface area contributed by atoms with E-state index in [1.54, 1.807) is 0 Å². The summed E-state index contributed by atoms with van der Waals surface area (Å²) in [5, 5.41) is 3.31. The summed E-state index contributed by atoms with van der Waals surface area (Å²) in [5.74, 6) is 0.789. The molecular formula is C16H26N2. The second kappa shape index (κ2) is 5.75. The lowest BCUT2D eigenvalue weighted by Crippen LogP contribution is -2.22. The summed E-state index contributed by atoms with van der Waals surface area (Å²) in [5.41, 5.74) is 4.39. The van der Waals surface area contributed by atoms with Gasteiger partial charge in [0.05, 0.1) is 0 Å². The van der Waals surface area contributed by atoms with Gasteiger partial charge in [0.15, 0.2) is 0 Å². The standard InChI is InChI=1S/C16H26N2/c1-12(2)7-9-18-10-8-15-11-14(13(3)17-4)5-6-16(15)18/h5-6,11-13,17H,7-10H2,1-4H3. The third-order valence-corrected chi connectivity index (χ3v) is 4.00. The molecule has 100 valence electrons. The summed E-state index contributed by atoms with van der Waals surface area (Å²) in [6, 6.07) is 7.41. The first-order valence-corrected chi connectivity index (χ1v) is 7.17. The van der Waals surface area contributed by atoms with Crippen LogP contribution in [0.2, 0.25) is 0 Å². The highest BCUT2D eigenvalue weighted by atomic mass is 15.1. The molecule has 0 spiro atoms. The normalized spacial score (nSPS) is 16.2. The molecule has 1 N–H and O–H groups in total. The van der Waals surface area contributed by atoms with Crippen LogP contribution in [0.1, 0.15) is 44.4 Å². The van der Waals surface area contributed by atoms with Gasteiger partial charge >= 0.3 is 0 Å². The molecule has 0 radical (unpaired) electrons. The Labute approximate surface area is 111 Å². The molecule has 2 heteroatoms. The van der Waals surface area contributed by atoms with Gasteiger partial charge in [0.1, 0.15) is 0 Å². The summed E-state index contributed by atoms with van der Waals surface area (Å²) in [7, 11) is 2.02. The number of nitrogens with one attached hydrogen (secondary N) is 1. The summed E-state index contributed by atoms with van der Waals surface area (Å²) < 4.78 is 0. The van der Waals surface area contributed by atoms with Crippen molar-refractivity contribution in [2.24, 2.45) is 5.92 Å². The van der Waals surface area contributed by atoms with E-state index in [1.165, 1.54) is 42.7 Å². The minimum absolute atomic E-state index is 0.444. The fourth-order valence-corrected chi connectivity index (χ4v) is 2.57. The second-order valence-corrected chi connectivity index (χ2v) is 5.82. The Balaban J connectivity index is 2.10. The molecule has 1 aromatic carbocycles. The van der Waals surface area contributed by atoms with Crippen LogP contribution in [-0.4, -0.2) is 20.1 Å². The topological polar surface area (TPSA) is 15.3 Å². The van der Waals surface area contributed by atoms with Crippen molar-refractivity contribution >= 4 is 5.69 Å². The van der Waals surface area contributed by atoms with Gasteiger partial charge in [-0.2, -0.15) is 0 Å². The van der Waals surface area contributed by atoms with Crippen LogP contribution in [0.15, 0.2) is 18.2 Å². The summed E-state index contributed by atoms with van der Waals surface area (Å²) in [6.07, 6.45) is 2.49. The lowest BCUT2D eigenvalue weighted by Gasteiger charge is -2.21. The molecule has 18 heavy (non-hydrogen) atoms. The number of hydrogen-bond donors (Lipinski definition) is 1. The van der Waals surface area contributed by atoms with E-state index >= 15 is 0 Å². The van der Waals surface area contributed by atoms with E-state index in [2.05, 4.69) is 49.2 Å². The van der Waals surface area contributed by atoms with Crippen LogP contribution < -0.4 is 10.2 Å². The number of fused-ring (bicyclic) bond motifs is 1.